The maximum absolute atomic E-state index is 12.6. The van der Waals surface area contributed by atoms with Gasteiger partial charge in [-0.15, -0.1) is 11.3 Å². The minimum absolute atomic E-state index is 0.253. The van der Waals surface area contributed by atoms with Crippen molar-refractivity contribution in [3.05, 3.63) is 64.7 Å². The molecule has 0 radical (unpaired) electrons. The molecule has 4 rings (SSSR count). The fourth-order valence-electron chi connectivity index (χ4n) is 3.87. The van der Waals surface area contributed by atoms with Crippen LogP contribution in [0.25, 0.3) is 10.2 Å². The number of nitrogens with zero attached hydrogens (tertiary/aromatic N) is 2. The summed E-state index contributed by atoms with van der Waals surface area (Å²) in [5.74, 6) is 0.260. The third-order valence-corrected chi connectivity index (χ3v) is 6.43. The van der Waals surface area contributed by atoms with Crippen LogP contribution in [-0.4, -0.2) is 22.8 Å². The highest BCUT2D eigenvalue weighted by molar-refractivity contribution is 7.18. The van der Waals surface area contributed by atoms with E-state index >= 15 is 0 Å². The van der Waals surface area contributed by atoms with Gasteiger partial charge < -0.3 is 4.90 Å². The molecule has 3 nitrogen and oxygen atoms in total. The first-order chi connectivity index (χ1) is 12.7. The van der Waals surface area contributed by atoms with Gasteiger partial charge in [-0.2, -0.15) is 0 Å². The summed E-state index contributed by atoms with van der Waals surface area (Å²) in [4.78, 5) is 19.2. The highest BCUT2D eigenvalue weighted by Gasteiger charge is 2.27. The lowest BCUT2D eigenvalue weighted by Crippen LogP contribution is -2.29. The molecule has 1 amide bonds. The van der Waals surface area contributed by atoms with E-state index in [1.807, 2.05) is 18.0 Å². The number of carbonyl (C=O) groups excluding carboxylic acids is 1. The van der Waals surface area contributed by atoms with Gasteiger partial charge in [0, 0.05) is 13.5 Å². The number of aromatic nitrogens is 1. The molecule has 1 aliphatic carbocycles. The van der Waals surface area contributed by atoms with Gasteiger partial charge in [0.15, 0.2) is 0 Å². The van der Waals surface area contributed by atoms with Crippen LogP contribution in [0.5, 0.6) is 0 Å². The highest BCUT2D eigenvalue weighted by Crippen LogP contribution is 2.35. The lowest BCUT2D eigenvalue weighted by molar-refractivity contribution is -0.132. The van der Waals surface area contributed by atoms with Crippen molar-refractivity contribution in [2.75, 3.05) is 7.05 Å². The van der Waals surface area contributed by atoms with E-state index in [9.17, 15) is 4.79 Å². The third kappa shape index (κ3) is 3.51. The number of hydrogen-bond donors (Lipinski definition) is 0. The summed E-state index contributed by atoms with van der Waals surface area (Å²) in [6.45, 7) is 0. The molecule has 0 fully saturated rings. The van der Waals surface area contributed by atoms with Crippen molar-refractivity contribution in [3.63, 3.8) is 0 Å². The Bertz CT molecular complexity index is 884. The number of benzene rings is 2. The van der Waals surface area contributed by atoms with Gasteiger partial charge in [0.1, 0.15) is 0 Å². The van der Waals surface area contributed by atoms with E-state index < -0.39 is 0 Å². The predicted molar refractivity (Wildman–Crippen MR) is 107 cm³/mol. The molecule has 1 atom stereocenters. The fourth-order valence-corrected chi connectivity index (χ4v) is 4.88. The summed E-state index contributed by atoms with van der Waals surface area (Å²) < 4.78 is 1.25. The van der Waals surface area contributed by atoms with Crippen LogP contribution in [0.15, 0.2) is 48.5 Å². The number of fused-ring (bicyclic) bond motifs is 2. The Morgan fingerprint density at radius 2 is 1.96 bits per heavy atom. The summed E-state index contributed by atoms with van der Waals surface area (Å²) in [6.07, 6.45) is 5.65. The normalized spacial score (nSPS) is 16.0. The van der Waals surface area contributed by atoms with Crippen LogP contribution in [0.2, 0.25) is 0 Å². The number of thiazole rings is 1. The van der Waals surface area contributed by atoms with Crippen LogP contribution < -0.4 is 0 Å². The Kier molecular flexibility index (Phi) is 5.02. The molecule has 1 aromatic heterocycles. The van der Waals surface area contributed by atoms with E-state index in [1.165, 1.54) is 20.8 Å². The Labute approximate surface area is 158 Å². The van der Waals surface area contributed by atoms with Gasteiger partial charge in [-0.05, 0) is 55.4 Å². The molecule has 0 N–H and O–H groups in total. The summed E-state index contributed by atoms with van der Waals surface area (Å²) >= 11 is 1.77. The number of unbranched alkanes of at least 4 members (excludes halogenated alkanes) is 1. The van der Waals surface area contributed by atoms with Gasteiger partial charge in [0.05, 0.1) is 21.3 Å². The molecule has 0 bridgehead atoms. The van der Waals surface area contributed by atoms with Crippen molar-refractivity contribution in [1.82, 2.24) is 9.88 Å². The van der Waals surface area contributed by atoms with Crippen molar-refractivity contribution < 1.29 is 4.79 Å². The molecule has 26 heavy (non-hydrogen) atoms. The van der Waals surface area contributed by atoms with Crippen molar-refractivity contribution in [2.24, 2.45) is 0 Å². The number of carbonyl (C=O) groups is 1. The van der Waals surface area contributed by atoms with E-state index in [1.54, 1.807) is 11.3 Å². The first-order valence-corrected chi connectivity index (χ1v) is 10.2. The lowest BCUT2D eigenvalue weighted by Gasteiger charge is -2.25. The maximum atomic E-state index is 12.6. The summed E-state index contributed by atoms with van der Waals surface area (Å²) in [7, 11) is 1.96. The SMILES string of the molecule is CN(C(=O)CCCCc1nc2ccccc2s1)C1CCc2ccccc21. The molecule has 4 heteroatoms. The molecule has 1 unspecified atom stereocenters. The average Bonchev–Trinajstić information content (AvgIpc) is 3.28. The minimum atomic E-state index is 0.253. The van der Waals surface area contributed by atoms with E-state index in [-0.39, 0.29) is 11.9 Å². The molecular formula is C22H24N2OS. The van der Waals surface area contributed by atoms with Crippen LogP contribution in [0.3, 0.4) is 0 Å². The average molecular weight is 365 g/mol. The number of rotatable bonds is 6. The molecule has 134 valence electrons. The lowest BCUT2D eigenvalue weighted by atomic mass is 10.1. The van der Waals surface area contributed by atoms with Crippen molar-refractivity contribution in [2.45, 2.75) is 44.6 Å². The van der Waals surface area contributed by atoms with Crippen LogP contribution >= 0.6 is 11.3 Å². The second-order valence-electron chi connectivity index (χ2n) is 7.04. The molecule has 0 spiro atoms. The van der Waals surface area contributed by atoms with Crippen LogP contribution in [0.4, 0.5) is 0 Å². The fraction of sp³-hybridized carbons (Fsp3) is 0.364. The standard InChI is InChI=1S/C22H24N2OS/c1-24(19-15-14-16-8-2-3-9-17(16)19)22(25)13-7-6-12-21-23-18-10-4-5-11-20(18)26-21/h2-5,8-11,19H,6-7,12-15H2,1H3. The zero-order valence-corrected chi connectivity index (χ0v) is 16.0. The Morgan fingerprint density at radius 3 is 2.85 bits per heavy atom. The molecule has 1 heterocycles. The topological polar surface area (TPSA) is 33.2 Å². The zero-order valence-electron chi connectivity index (χ0n) is 15.1. The highest BCUT2D eigenvalue weighted by atomic mass is 32.1. The van der Waals surface area contributed by atoms with Crippen LogP contribution in [0.1, 0.15) is 47.9 Å². The van der Waals surface area contributed by atoms with Gasteiger partial charge in [0.25, 0.3) is 0 Å². The first-order valence-electron chi connectivity index (χ1n) is 9.40. The van der Waals surface area contributed by atoms with Gasteiger partial charge >= 0.3 is 0 Å². The monoisotopic (exact) mass is 364 g/mol. The molecular weight excluding hydrogens is 340 g/mol. The quantitative estimate of drug-likeness (QED) is 0.566. The largest absolute Gasteiger partial charge is 0.339 e. The Hall–Kier alpha value is -2.20. The van der Waals surface area contributed by atoms with Crippen molar-refractivity contribution in [1.29, 1.82) is 0 Å². The zero-order chi connectivity index (χ0) is 17.9. The van der Waals surface area contributed by atoms with E-state index in [0.29, 0.717) is 6.42 Å². The second kappa shape index (κ2) is 7.58. The first kappa shape index (κ1) is 17.2. The summed E-state index contributed by atoms with van der Waals surface area (Å²) in [6, 6.07) is 17.0. The summed E-state index contributed by atoms with van der Waals surface area (Å²) in [5.41, 5.74) is 3.81. The molecule has 1 aliphatic rings. The van der Waals surface area contributed by atoms with E-state index in [0.717, 1.165) is 37.6 Å². The molecule has 0 aliphatic heterocycles. The van der Waals surface area contributed by atoms with Crippen LogP contribution in [-0.2, 0) is 17.6 Å². The Morgan fingerprint density at radius 1 is 1.15 bits per heavy atom. The number of para-hydroxylation sites is 1. The number of aryl methyl sites for hydroxylation is 2. The molecule has 3 aromatic rings. The summed E-state index contributed by atoms with van der Waals surface area (Å²) in [5, 5.41) is 1.18. The smallest absolute Gasteiger partial charge is 0.222 e. The third-order valence-electron chi connectivity index (χ3n) is 5.33. The predicted octanol–water partition coefficient (Wildman–Crippen LogP) is 5.16. The van der Waals surface area contributed by atoms with Crippen molar-refractivity contribution >= 4 is 27.5 Å². The van der Waals surface area contributed by atoms with Crippen LogP contribution in [0, 0.1) is 0 Å². The number of hydrogen-bond acceptors (Lipinski definition) is 3. The van der Waals surface area contributed by atoms with Gasteiger partial charge in [-0.25, -0.2) is 4.98 Å². The van der Waals surface area contributed by atoms with E-state index in [2.05, 4.69) is 47.4 Å². The molecule has 0 saturated heterocycles. The van der Waals surface area contributed by atoms with Gasteiger partial charge in [-0.3, -0.25) is 4.79 Å². The maximum Gasteiger partial charge on any atom is 0.222 e. The van der Waals surface area contributed by atoms with Crippen molar-refractivity contribution in [3.8, 4) is 0 Å². The van der Waals surface area contributed by atoms with E-state index in [4.69, 9.17) is 0 Å². The Balaban J connectivity index is 1.27. The second-order valence-corrected chi connectivity index (χ2v) is 8.16. The van der Waals surface area contributed by atoms with Gasteiger partial charge in [-0.1, -0.05) is 36.4 Å². The van der Waals surface area contributed by atoms with Gasteiger partial charge in [0.2, 0.25) is 5.91 Å². The molecule has 2 aromatic carbocycles. The number of amides is 1. The minimum Gasteiger partial charge on any atom is -0.339 e. The molecule has 0 saturated carbocycles.